The van der Waals surface area contributed by atoms with Crippen LogP contribution < -0.4 is 10.2 Å². The minimum atomic E-state index is -0.288. The number of ether oxygens (including phenoxy) is 1. The maximum absolute atomic E-state index is 13.7. The lowest BCUT2D eigenvalue weighted by Gasteiger charge is -2.37. The van der Waals surface area contributed by atoms with E-state index in [0.717, 1.165) is 44.0 Å². The molecule has 1 saturated heterocycles. The van der Waals surface area contributed by atoms with E-state index in [4.69, 9.17) is 4.74 Å². The lowest BCUT2D eigenvalue weighted by atomic mass is 10.0. The van der Waals surface area contributed by atoms with Gasteiger partial charge in [0.25, 0.3) is 0 Å². The van der Waals surface area contributed by atoms with Crippen LogP contribution in [-0.2, 0) is 9.53 Å². The first-order valence-electron chi connectivity index (χ1n) is 8.10. The minimum Gasteiger partial charge on any atom is -0.375 e. The van der Waals surface area contributed by atoms with Crippen molar-refractivity contribution in [3.63, 3.8) is 0 Å². The van der Waals surface area contributed by atoms with E-state index in [0.29, 0.717) is 0 Å². The summed E-state index contributed by atoms with van der Waals surface area (Å²) in [5, 5.41) is 2.86. The van der Waals surface area contributed by atoms with Crippen LogP contribution in [0.4, 0.5) is 10.1 Å². The molecule has 1 aromatic carbocycles. The van der Waals surface area contributed by atoms with E-state index in [1.807, 2.05) is 13.0 Å². The predicted octanol–water partition coefficient (Wildman–Crippen LogP) is 1.79. The van der Waals surface area contributed by atoms with E-state index < -0.39 is 0 Å². The fourth-order valence-corrected chi connectivity index (χ4v) is 2.96. The van der Waals surface area contributed by atoms with Gasteiger partial charge in [0.2, 0.25) is 5.91 Å². The molecule has 1 aliphatic rings. The summed E-state index contributed by atoms with van der Waals surface area (Å²) in [6.07, 6.45) is 0. The molecule has 0 saturated carbocycles. The number of amides is 1. The Hall–Kier alpha value is -1.66. The van der Waals surface area contributed by atoms with E-state index in [1.165, 1.54) is 19.2 Å². The third-order valence-corrected chi connectivity index (χ3v) is 4.27. The van der Waals surface area contributed by atoms with Gasteiger partial charge in [-0.2, -0.15) is 0 Å². The molecule has 2 rings (SSSR count). The largest absolute Gasteiger partial charge is 0.375 e. The Balaban J connectivity index is 2.15. The number of methoxy groups -OCH3 is 1. The highest BCUT2D eigenvalue weighted by molar-refractivity contribution is 5.78. The van der Waals surface area contributed by atoms with Gasteiger partial charge in [0.15, 0.2) is 0 Å². The highest BCUT2D eigenvalue weighted by Crippen LogP contribution is 2.28. The van der Waals surface area contributed by atoms with Crippen molar-refractivity contribution >= 4 is 11.6 Å². The van der Waals surface area contributed by atoms with Crippen molar-refractivity contribution in [3.05, 3.63) is 29.6 Å². The smallest absolute Gasteiger partial charge is 0.246 e. The fourth-order valence-electron chi connectivity index (χ4n) is 2.96. The van der Waals surface area contributed by atoms with Crippen LogP contribution in [0.1, 0.15) is 25.5 Å². The van der Waals surface area contributed by atoms with Crippen molar-refractivity contribution in [2.75, 3.05) is 51.3 Å². The number of carbonyl (C=O) groups is 1. The van der Waals surface area contributed by atoms with E-state index >= 15 is 0 Å². The fraction of sp³-hybridized carbons (Fsp3) is 0.588. The standard InChI is InChI=1S/C17H26FN3O2/c1-4-20-7-9-21(10-8-20)16-6-5-14(18)11-15(16)13(2)19-17(22)12-23-3/h5-6,11,13H,4,7-10,12H2,1-3H3,(H,19,22)/t13-/m1/s1. The van der Waals surface area contributed by atoms with Gasteiger partial charge < -0.3 is 19.9 Å². The van der Waals surface area contributed by atoms with Gasteiger partial charge in [-0.05, 0) is 31.7 Å². The predicted molar refractivity (Wildman–Crippen MR) is 89.2 cm³/mol. The number of hydrogen-bond donors (Lipinski definition) is 1. The molecule has 1 atom stereocenters. The number of halogens is 1. The molecule has 0 aromatic heterocycles. The second-order valence-electron chi connectivity index (χ2n) is 5.85. The third kappa shape index (κ3) is 4.65. The molecule has 0 radical (unpaired) electrons. The summed E-state index contributed by atoms with van der Waals surface area (Å²) in [6.45, 7) is 8.89. The Morgan fingerprint density at radius 1 is 1.35 bits per heavy atom. The Bertz CT molecular complexity index is 531. The van der Waals surface area contributed by atoms with Crippen molar-refractivity contribution in [1.82, 2.24) is 10.2 Å². The molecule has 128 valence electrons. The zero-order valence-corrected chi connectivity index (χ0v) is 14.1. The van der Waals surface area contributed by atoms with Crippen molar-refractivity contribution in [2.24, 2.45) is 0 Å². The monoisotopic (exact) mass is 323 g/mol. The Labute approximate surface area is 137 Å². The van der Waals surface area contributed by atoms with E-state index in [1.54, 1.807) is 0 Å². The molecule has 1 fully saturated rings. The van der Waals surface area contributed by atoms with Gasteiger partial charge >= 0.3 is 0 Å². The zero-order valence-electron chi connectivity index (χ0n) is 14.1. The van der Waals surface area contributed by atoms with Crippen LogP contribution in [0, 0.1) is 5.82 Å². The van der Waals surface area contributed by atoms with E-state index in [2.05, 4.69) is 22.0 Å². The summed E-state index contributed by atoms with van der Waals surface area (Å²) in [5.41, 5.74) is 1.80. The van der Waals surface area contributed by atoms with Crippen LogP contribution in [0.2, 0.25) is 0 Å². The molecule has 23 heavy (non-hydrogen) atoms. The number of hydrogen-bond acceptors (Lipinski definition) is 4. The van der Waals surface area contributed by atoms with Gasteiger partial charge in [0.1, 0.15) is 12.4 Å². The molecule has 0 aliphatic carbocycles. The van der Waals surface area contributed by atoms with Crippen LogP contribution in [-0.4, -0.2) is 57.2 Å². The summed E-state index contributed by atoms with van der Waals surface area (Å²) >= 11 is 0. The molecule has 1 heterocycles. The summed E-state index contributed by atoms with van der Waals surface area (Å²) in [4.78, 5) is 16.4. The number of piperazine rings is 1. The maximum Gasteiger partial charge on any atom is 0.246 e. The normalized spacial score (nSPS) is 17.1. The lowest BCUT2D eigenvalue weighted by molar-refractivity contribution is -0.125. The highest BCUT2D eigenvalue weighted by Gasteiger charge is 2.21. The van der Waals surface area contributed by atoms with Gasteiger partial charge in [-0.25, -0.2) is 4.39 Å². The number of benzene rings is 1. The third-order valence-electron chi connectivity index (χ3n) is 4.27. The zero-order chi connectivity index (χ0) is 16.8. The summed E-state index contributed by atoms with van der Waals surface area (Å²) in [7, 11) is 1.48. The second-order valence-corrected chi connectivity index (χ2v) is 5.85. The number of rotatable bonds is 6. The number of carbonyl (C=O) groups excluding carboxylic acids is 1. The summed E-state index contributed by atoms with van der Waals surface area (Å²) in [5.74, 6) is -0.491. The second kappa shape index (κ2) is 8.26. The first kappa shape index (κ1) is 17.7. The molecule has 5 nitrogen and oxygen atoms in total. The van der Waals surface area contributed by atoms with Crippen LogP contribution in [0.15, 0.2) is 18.2 Å². The topological polar surface area (TPSA) is 44.8 Å². The van der Waals surface area contributed by atoms with Crippen molar-refractivity contribution in [2.45, 2.75) is 19.9 Å². The highest BCUT2D eigenvalue weighted by atomic mass is 19.1. The molecule has 1 amide bonds. The summed E-state index contributed by atoms with van der Waals surface area (Å²) in [6, 6.07) is 4.53. The van der Waals surface area contributed by atoms with Crippen LogP contribution in [0.5, 0.6) is 0 Å². The van der Waals surface area contributed by atoms with Crippen molar-refractivity contribution < 1.29 is 13.9 Å². The Morgan fingerprint density at radius 2 is 2.04 bits per heavy atom. The van der Waals surface area contributed by atoms with Gasteiger partial charge in [0.05, 0.1) is 6.04 Å². The van der Waals surface area contributed by atoms with Gasteiger partial charge in [-0.15, -0.1) is 0 Å². The lowest BCUT2D eigenvalue weighted by Crippen LogP contribution is -2.46. The number of likely N-dealkylation sites (N-methyl/N-ethyl adjacent to an activating group) is 1. The van der Waals surface area contributed by atoms with Gasteiger partial charge in [-0.1, -0.05) is 6.92 Å². The minimum absolute atomic E-state index is 0.00413. The maximum atomic E-state index is 13.7. The first-order valence-corrected chi connectivity index (χ1v) is 8.10. The summed E-state index contributed by atoms with van der Waals surface area (Å²) < 4.78 is 18.5. The number of nitrogens with zero attached hydrogens (tertiary/aromatic N) is 2. The number of anilines is 1. The van der Waals surface area contributed by atoms with Crippen LogP contribution >= 0.6 is 0 Å². The van der Waals surface area contributed by atoms with Crippen LogP contribution in [0.25, 0.3) is 0 Å². The molecule has 6 heteroatoms. The van der Waals surface area contributed by atoms with E-state index in [9.17, 15) is 9.18 Å². The Kier molecular flexibility index (Phi) is 6.36. The number of nitrogens with one attached hydrogen (secondary N) is 1. The molecular formula is C17H26FN3O2. The van der Waals surface area contributed by atoms with Crippen LogP contribution in [0.3, 0.4) is 0 Å². The first-order chi connectivity index (χ1) is 11.0. The SMILES string of the molecule is CCN1CCN(c2ccc(F)cc2[C@@H](C)NC(=O)COC)CC1. The average Bonchev–Trinajstić information content (AvgIpc) is 2.55. The molecule has 0 bridgehead atoms. The van der Waals surface area contributed by atoms with Crippen molar-refractivity contribution in [1.29, 1.82) is 0 Å². The van der Waals surface area contributed by atoms with E-state index in [-0.39, 0.29) is 24.4 Å². The van der Waals surface area contributed by atoms with Crippen molar-refractivity contribution in [3.8, 4) is 0 Å². The quantitative estimate of drug-likeness (QED) is 0.867. The molecular weight excluding hydrogens is 297 g/mol. The Morgan fingerprint density at radius 3 is 2.65 bits per heavy atom. The molecule has 1 aromatic rings. The van der Waals surface area contributed by atoms with Gasteiger partial charge in [-0.3, -0.25) is 4.79 Å². The van der Waals surface area contributed by atoms with Gasteiger partial charge in [0, 0.05) is 44.5 Å². The average molecular weight is 323 g/mol. The molecule has 0 spiro atoms. The molecule has 0 unspecified atom stereocenters. The molecule has 1 N–H and O–H groups in total. The molecule has 1 aliphatic heterocycles.